The first kappa shape index (κ1) is 15.6. The normalized spacial score (nSPS) is 13.5. The molecule has 0 aliphatic heterocycles. The molecule has 1 atom stereocenters. The number of thiazole rings is 1. The predicted octanol–water partition coefficient (Wildman–Crippen LogP) is 4.62. The molecule has 20 heavy (non-hydrogen) atoms. The molecule has 2 aromatic rings. The first-order valence-corrected chi connectivity index (χ1v) is 8.02. The van der Waals surface area contributed by atoms with Gasteiger partial charge in [-0.1, -0.05) is 42.8 Å². The van der Waals surface area contributed by atoms with Crippen LogP contribution in [0, 0.1) is 5.82 Å². The number of rotatable bonds is 3. The lowest BCUT2D eigenvalue weighted by molar-refractivity contribution is 0.173. The van der Waals surface area contributed by atoms with Crippen LogP contribution >= 0.6 is 27.3 Å². The molecular formula is C15H17BrFNOS. The zero-order valence-corrected chi connectivity index (χ0v) is 14.1. The highest BCUT2D eigenvalue weighted by molar-refractivity contribution is 9.10. The molecule has 0 amide bonds. The molecule has 0 radical (unpaired) electrons. The largest absolute Gasteiger partial charge is 0.388 e. The van der Waals surface area contributed by atoms with Gasteiger partial charge in [-0.2, -0.15) is 0 Å². The van der Waals surface area contributed by atoms with E-state index in [1.807, 2.05) is 5.38 Å². The highest BCUT2D eigenvalue weighted by Crippen LogP contribution is 2.28. The van der Waals surface area contributed by atoms with Crippen molar-refractivity contribution < 1.29 is 9.50 Å². The predicted molar refractivity (Wildman–Crippen MR) is 83.6 cm³/mol. The van der Waals surface area contributed by atoms with Gasteiger partial charge in [0.05, 0.1) is 16.8 Å². The molecule has 0 saturated carbocycles. The van der Waals surface area contributed by atoms with Gasteiger partial charge >= 0.3 is 0 Å². The second-order valence-electron chi connectivity index (χ2n) is 5.76. The molecule has 0 fully saturated rings. The zero-order chi connectivity index (χ0) is 14.9. The minimum atomic E-state index is -0.873. The summed E-state index contributed by atoms with van der Waals surface area (Å²) >= 11 is 4.71. The molecule has 1 aromatic carbocycles. The van der Waals surface area contributed by atoms with Gasteiger partial charge in [0, 0.05) is 27.3 Å². The number of hydrogen-bond donors (Lipinski definition) is 1. The van der Waals surface area contributed by atoms with E-state index in [-0.39, 0.29) is 5.41 Å². The van der Waals surface area contributed by atoms with Crippen molar-refractivity contribution in [1.82, 2.24) is 4.98 Å². The molecule has 2 rings (SSSR count). The number of halogens is 2. The van der Waals surface area contributed by atoms with Crippen molar-refractivity contribution in [3.05, 3.63) is 50.1 Å². The highest BCUT2D eigenvalue weighted by Gasteiger charge is 2.20. The summed E-state index contributed by atoms with van der Waals surface area (Å²) in [5.41, 5.74) is 1.30. The fourth-order valence-corrected chi connectivity index (χ4v) is 3.19. The lowest BCUT2D eigenvalue weighted by Gasteiger charge is -2.14. The van der Waals surface area contributed by atoms with E-state index >= 15 is 0 Å². The van der Waals surface area contributed by atoms with Crippen molar-refractivity contribution in [2.45, 2.75) is 38.7 Å². The van der Waals surface area contributed by atoms with E-state index in [0.717, 1.165) is 10.7 Å². The van der Waals surface area contributed by atoms with Crippen molar-refractivity contribution in [1.29, 1.82) is 0 Å². The maximum atomic E-state index is 13.8. The van der Waals surface area contributed by atoms with E-state index in [0.29, 0.717) is 16.5 Å². The van der Waals surface area contributed by atoms with E-state index < -0.39 is 11.9 Å². The Hall–Kier alpha value is -0.780. The van der Waals surface area contributed by atoms with Crippen LogP contribution in [0.5, 0.6) is 0 Å². The fraction of sp³-hybridized carbons (Fsp3) is 0.400. The first-order valence-electron chi connectivity index (χ1n) is 6.35. The molecule has 0 spiro atoms. The Bertz CT molecular complexity index is 606. The van der Waals surface area contributed by atoms with Crippen molar-refractivity contribution >= 4 is 27.3 Å². The van der Waals surface area contributed by atoms with Crippen LogP contribution in [-0.2, 0) is 11.8 Å². The van der Waals surface area contributed by atoms with E-state index in [2.05, 4.69) is 41.7 Å². The summed E-state index contributed by atoms with van der Waals surface area (Å²) in [4.78, 5) is 4.52. The van der Waals surface area contributed by atoms with E-state index in [1.165, 1.54) is 17.4 Å². The molecule has 1 heterocycles. The Balaban J connectivity index is 2.15. The van der Waals surface area contributed by atoms with Crippen molar-refractivity contribution in [2.24, 2.45) is 0 Å². The van der Waals surface area contributed by atoms with Crippen molar-refractivity contribution in [3.63, 3.8) is 0 Å². The summed E-state index contributed by atoms with van der Waals surface area (Å²) in [5.74, 6) is -0.403. The summed E-state index contributed by atoms with van der Waals surface area (Å²) < 4.78 is 14.5. The van der Waals surface area contributed by atoms with Crippen LogP contribution in [0.15, 0.2) is 28.1 Å². The lowest BCUT2D eigenvalue weighted by atomic mass is 9.93. The minimum Gasteiger partial charge on any atom is -0.388 e. The number of nitrogens with zero attached hydrogens (tertiary/aromatic N) is 1. The van der Waals surface area contributed by atoms with E-state index in [1.54, 1.807) is 12.1 Å². The monoisotopic (exact) mass is 357 g/mol. The smallest absolute Gasteiger partial charge is 0.130 e. The third-order valence-electron chi connectivity index (χ3n) is 3.01. The fourth-order valence-electron chi connectivity index (χ4n) is 1.80. The average molecular weight is 358 g/mol. The Labute approximate surface area is 130 Å². The molecule has 0 saturated heterocycles. The summed E-state index contributed by atoms with van der Waals surface area (Å²) in [6.45, 7) is 6.28. The molecule has 2 nitrogen and oxygen atoms in total. The quantitative estimate of drug-likeness (QED) is 0.869. The lowest BCUT2D eigenvalue weighted by Crippen LogP contribution is -2.12. The summed E-state index contributed by atoms with van der Waals surface area (Å²) in [6.07, 6.45) is -0.540. The van der Waals surface area contributed by atoms with Gasteiger partial charge in [0.25, 0.3) is 0 Å². The molecule has 5 heteroatoms. The van der Waals surface area contributed by atoms with Gasteiger partial charge in [-0.25, -0.2) is 9.37 Å². The Morgan fingerprint density at radius 2 is 2.10 bits per heavy atom. The summed E-state index contributed by atoms with van der Waals surface area (Å²) in [6, 6.07) is 4.69. The Morgan fingerprint density at radius 3 is 2.65 bits per heavy atom. The molecule has 1 aromatic heterocycles. The number of aliphatic hydroxyl groups is 1. The third kappa shape index (κ3) is 3.65. The molecular weight excluding hydrogens is 341 g/mol. The van der Waals surface area contributed by atoms with Crippen LogP contribution in [0.4, 0.5) is 4.39 Å². The molecule has 1 N–H and O–H groups in total. The van der Waals surface area contributed by atoms with Gasteiger partial charge in [-0.05, 0) is 12.1 Å². The minimum absolute atomic E-state index is 0.0113. The number of aromatic nitrogens is 1. The average Bonchev–Trinajstić information content (AvgIpc) is 2.76. The second-order valence-corrected chi connectivity index (χ2v) is 7.62. The van der Waals surface area contributed by atoms with Gasteiger partial charge in [0.15, 0.2) is 0 Å². The topological polar surface area (TPSA) is 33.1 Å². The summed E-state index contributed by atoms with van der Waals surface area (Å²) in [5, 5.41) is 13.0. The number of aliphatic hydroxyl groups excluding tert-OH is 1. The second kappa shape index (κ2) is 5.92. The number of benzene rings is 1. The van der Waals surface area contributed by atoms with Gasteiger partial charge in [-0.3, -0.25) is 0 Å². The van der Waals surface area contributed by atoms with Crippen LogP contribution in [0.25, 0.3) is 0 Å². The zero-order valence-electron chi connectivity index (χ0n) is 11.7. The van der Waals surface area contributed by atoms with E-state index in [4.69, 9.17) is 0 Å². The van der Waals surface area contributed by atoms with Crippen LogP contribution in [0.3, 0.4) is 0 Å². The highest BCUT2D eigenvalue weighted by atomic mass is 79.9. The van der Waals surface area contributed by atoms with Gasteiger partial charge in [0.1, 0.15) is 5.82 Å². The van der Waals surface area contributed by atoms with Crippen molar-refractivity contribution in [3.8, 4) is 0 Å². The molecule has 0 aliphatic carbocycles. The van der Waals surface area contributed by atoms with Crippen LogP contribution in [0.2, 0.25) is 0 Å². The first-order chi connectivity index (χ1) is 9.27. The standard InChI is InChI=1S/C15H17BrFNOS/c1-15(2,3)13-8-20-14(18-13)7-12(19)10-5-4-9(16)6-11(10)17/h4-6,8,12,19H,7H2,1-3H3. The molecule has 0 aliphatic rings. The maximum Gasteiger partial charge on any atom is 0.130 e. The van der Waals surface area contributed by atoms with Crippen LogP contribution < -0.4 is 0 Å². The van der Waals surface area contributed by atoms with Crippen molar-refractivity contribution in [2.75, 3.05) is 0 Å². The molecule has 0 bridgehead atoms. The van der Waals surface area contributed by atoms with Crippen LogP contribution in [0.1, 0.15) is 43.1 Å². The molecule has 1 unspecified atom stereocenters. The number of hydrogen-bond acceptors (Lipinski definition) is 3. The SMILES string of the molecule is CC(C)(C)c1csc(CC(O)c2ccc(Br)cc2F)n1. The Kier molecular flexibility index (Phi) is 4.62. The maximum absolute atomic E-state index is 13.8. The van der Waals surface area contributed by atoms with Gasteiger partial charge < -0.3 is 5.11 Å². The third-order valence-corrected chi connectivity index (χ3v) is 4.37. The molecule has 108 valence electrons. The van der Waals surface area contributed by atoms with Crippen LogP contribution in [-0.4, -0.2) is 10.1 Å². The summed E-state index contributed by atoms with van der Waals surface area (Å²) in [7, 11) is 0. The van der Waals surface area contributed by atoms with E-state index in [9.17, 15) is 9.50 Å². The van der Waals surface area contributed by atoms with Gasteiger partial charge in [-0.15, -0.1) is 11.3 Å². The van der Waals surface area contributed by atoms with Gasteiger partial charge in [0.2, 0.25) is 0 Å². The Morgan fingerprint density at radius 1 is 1.40 bits per heavy atom.